The molecule has 1 aliphatic rings. The van der Waals surface area contributed by atoms with E-state index in [-0.39, 0.29) is 0 Å². The van der Waals surface area contributed by atoms with Crippen LogP contribution in [0.25, 0.3) is 0 Å². The van der Waals surface area contributed by atoms with Crippen LogP contribution in [0.3, 0.4) is 0 Å². The minimum atomic E-state index is 0.464. The number of aryl methyl sites for hydroxylation is 1. The van der Waals surface area contributed by atoms with Crippen molar-refractivity contribution in [3.05, 3.63) is 16.1 Å². The molecule has 1 atom stereocenters. The molecule has 1 aromatic heterocycles. The van der Waals surface area contributed by atoms with Gasteiger partial charge in [-0.15, -0.1) is 11.3 Å². The molecule has 0 amide bonds. The number of hydrogen-bond acceptors (Lipinski definition) is 3. The maximum absolute atomic E-state index is 4.31. The molecule has 0 saturated heterocycles. The van der Waals surface area contributed by atoms with Crippen molar-refractivity contribution in [2.24, 2.45) is 5.92 Å². The van der Waals surface area contributed by atoms with Crippen LogP contribution < -0.4 is 5.32 Å². The Morgan fingerprint density at radius 3 is 2.82 bits per heavy atom. The van der Waals surface area contributed by atoms with E-state index in [0.29, 0.717) is 6.04 Å². The van der Waals surface area contributed by atoms with Crippen LogP contribution in [-0.4, -0.2) is 11.5 Å². The van der Waals surface area contributed by atoms with Gasteiger partial charge >= 0.3 is 0 Å². The lowest BCUT2D eigenvalue weighted by Crippen LogP contribution is -2.22. The highest BCUT2D eigenvalue weighted by Gasteiger charge is 2.14. The quantitative estimate of drug-likeness (QED) is 0.854. The van der Waals surface area contributed by atoms with Gasteiger partial charge in [-0.2, -0.15) is 0 Å². The van der Waals surface area contributed by atoms with Crippen molar-refractivity contribution in [1.82, 2.24) is 10.3 Å². The Morgan fingerprint density at radius 1 is 1.41 bits per heavy atom. The van der Waals surface area contributed by atoms with Gasteiger partial charge in [-0.3, -0.25) is 0 Å². The van der Waals surface area contributed by atoms with E-state index in [1.165, 1.54) is 49.1 Å². The normalized spacial score (nSPS) is 19.4. The van der Waals surface area contributed by atoms with Gasteiger partial charge in [0, 0.05) is 10.9 Å². The van der Waals surface area contributed by atoms with E-state index < -0.39 is 0 Å². The lowest BCUT2D eigenvalue weighted by molar-refractivity contribution is 0.330. The molecule has 0 spiro atoms. The summed E-state index contributed by atoms with van der Waals surface area (Å²) in [6.07, 6.45) is 8.62. The zero-order chi connectivity index (χ0) is 12.1. The first kappa shape index (κ1) is 13.0. The van der Waals surface area contributed by atoms with E-state index in [9.17, 15) is 0 Å². The van der Waals surface area contributed by atoms with Gasteiger partial charge in [-0.25, -0.2) is 4.98 Å². The molecule has 96 valence electrons. The van der Waals surface area contributed by atoms with E-state index in [1.54, 1.807) is 11.3 Å². The van der Waals surface area contributed by atoms with Crippen LogP contribution in [0.15, 0.2) is 5.51 Å². The van der Waals surface area contributed by atoms with E-state index in [0.717, 1.165) is 12.5 Å². The molecule has 1 aromatic rings. The second-order valence-electron chi connectivity index (χ2n) is 5.27. The predicted molar refractivity (Wildman–Crippen MR) is 74.5 cm³/mol. The molecule has 0 aromatic carbocycles. The highest BCUT2D eigenvalue weighted by atomic mass is 32.1. The molecule has 0 aliphatic heterocycles. The van der Waals surface area contributed by atoms with Crippen molar-refractivity contribution in [2.75, 3.05) is 6.54 Å². The summed E-state index contributed by atoms with van der Waals surface area (Å²) >= 11 is 1.77. The van der Waals surface area contributed by atoms with Gasteiger partial charge in [-0.1, -0.05) is 32.1 Å². The number of thiazole rings is 1. The predicted octanol–water partition coefficient (Wildman–Crippen LogP) is 4.07. The maximum Gasteiger partial charge on any atom is 0.0798 e. The molecule has 1 heterocycles. The Kier molecular flexibility index (Phi) is 4.99. The summed E-state index contributed by atoms with van der Waals surface area (Å²) in [6, 6.07) is 0.464. The highest BCUT2D eigenvalue weighted by molar-refractivity contribution is 7.09. The van der Waals surface area contributed by atoms with Crippen LogP contribution in [0.5, 0.6) is 0 Å². The van der Waals surface area contributed by atoms with Crippen LogP contribution in [0.2, 0.25) is 0 Å². The molecule has 1 N–H and O–H groups in total. The van der Waals surface area contributed by atoms with Gasteiger partial charge in [0.05, 0.1) is 11.2 Å². The lowest BCUT2D eigenvalue weighted by Gasteiger charge is -2.22. The standard InChI is InChI=1S/C14H24N2S/c1-11(14-12(2)16-10-17-14)15-9-8-13-6-4-3-5-7-13/h10-11,13,15H,3-9H2,1-2H3. The maximum atomic E-state index is 4.31. The minimum absolute atomic E-state index is 0.464. The third kappa shape index (κ3) is 3.78. The fourth-order valence-electron chi connectivity index (χ4n) is 2.80. The van der Waals surface area contributed by atoms with Crippen LogP contribution >= 0.6 is 11.3 Å². The molecule has 17 heavy (non-hydrogen) atoms. The van der Waals surface area contributed by atoms with Gasteiger partial charge in [0.2, 0.25) is 0 Å². The van der Waals surface area contributed by atoms with Crippen LogP contribution in [-0.2, 0) is 0 Å². The third-order valence-corrected chi connectivity index (χ3v) is 5.02. The lowest BCUT2D eigenvalue weighted by atomic mass is 9.87. The van der Waals surface area contributed by atoms with Crippen LogP contribution in [0.4, 0.5) is 0 Å². The molecule has 2 rings (SSSR count). The van der Waals surface area contributed by atoms with Crippen LogP contribution in [0.1, 0.15) is 62.1 Å². The van der Waals surface area contributed by atoms with Crippen LogP contribution in [0, 0.1) is 12.8 Å². The molecular weight excluding hydrogens is 228 g/mol. The number of rotatable bonds is 5. The fourth-order valence-corrected chi connectivity index (χ4v) is 3.63. The summed E-state index contributed by atoms with van der Waals surface area (Å²) in [4.78, 5) is 5.71. The second-order valence-corrected chi connectivity index (χ2v) is 6.16. The van der Waals surface area contributed by atoms with Gasteiger partial charge < -0.3 is 5.32 Å². The number of nitrogens with one attached hydrogen (secondary N) is 1. The number of hydrogen-bond donors (Lipinski definition) is 1. The van der Waals surface area contributed by atoms with Crippen molar-refractivity contribution >= 4 is 11.3 Å². The fraction of sp³-hybridized carbons (Fsp3) is 0.786. The monoisotopic (exact) mass is 252 g/mol. The Hall–Kier alpha value is -0.410. The van der Waals surface area contributed by atoms with E-state index in [4.69, 9.17) is 0 Å². The average Bonchev–Trinajstić information content (AvgIpc) is 2.77. The van der Waals surface area contributed by atoms with Crippen molar-refractivity contribution in [3.8, 4) is 0 Å². The largest absolute Gasteiger partial charge is 0.309 e. The van der Waals surface area contributed by atoms with Gasteiger partial charge in [0.15, 0.2) is 0 Å². The molecule has 3 heteroatoms. The van der Waals surface area contributed by atoms with Crippen molar-refractivity contribution in [2.45, 2.75) is 58.4 Å². The SMILES string of the molecule is Cc1ncsc1C(C)NCCC1CCCCC1. The van der Waals surface area contributed by atoms with E-state index in [2.05, 4.69) is 24.1 Å². The zero-order valence-electron chi connectivity index (χ0n) is 11.0. The highest BCUT2D eigenvalue weighted by Crippen LogP contribution is 2.26. The summed E-state index contributed by atoms with van der Waals surface area (Å²) in [7, 11) is 0. The summed E-state index contributed by atoms with van der Waals surface area (Å²) in [5.74, 6) is 0.978. The Labute approximate surface area is 109 Å². The number of nitrogens with zero attached hydrogens (tertiary/aromatic N) is 1. The Morgan fingerprint density at radius 2 is 2.18 bits per heavy atom. The van der Waals surface area contributed by atoms with E-state index in [1.807, 2.05) is 5.51 Å². The first-order valence-electron chi connectivity index (χ1n) is 6.90. The van der Waals surface area contributed by atoms with Crippen molar-refractivity contribution in [3.63, 3.8) is 0 Å². The van der Waals surface area contributed by atoms with Crippen molar-refractivity contribution in [1.29, 1.82) is 0 Å². The molecule has 0 bridgehead atoms. The average molecular weight is 252 g/mol. The van der Waals surface area contributed by atoms with Crippen molar-refractivity contribution < 1.29 is 0 Å². The molecular formula is C14H24N2S. The summed E-state index contributed by atoms with van der Waals surface area (Å²) in [6.45, 7) is 5.51. The van der Waals surface area contributed by atoms with Gasteiger partial charge in [-0.05, 0) is 32.7 Å². The second kappa shape index (κ2) is 6.50. The van der Waals surface area contributed by atoms with Gasteiger partial charge in [0.1, 0.15) is 0 Å². The molecule has 1 saturated carbocycles. The molecule has 1 fully saturated rings. The summed E-state index contributed by atoms with van der Waals surface area (Å²) in [5.41, 5.74) is 3.14. The van der Waals surface area contributed by atoms with E-state index >= 15 is 0 Å². The topological polar surface area (TPSA) is 24.9 Å². The zero-order valence-corrected chi connectivity index (χ0v) is 11.9. The first-order valence-corrected chi connectivity index (χ1v) is 7.78. The summed E-state index contributed by atoms with van der Waals surface area (Å²) in [5, 5.41) is 3.64. The molecule has 2 nitrogen and oxygen atoms in total. The molecule has 0 radical (unpaired) electrons. The summed E-state index contributed by atoms with van der Waals surface area (Å²) < 4.78 is 0. The smallest absolute Gasteiger partial charge is 0.0798 e. The minimum Gasteiger partial charge on any atom is -0.309 e. The Bertz CT molecular complexity index is 329. The molecule has 1 aliphatic carbocycles. The first-order chi connectivity index (χ1) is 8.27. The van der Waals surface area contributed by atoms with Gasteiger partial charge in [0.25, 0.3) is 0 Å². The third-order valence-electron chi connectivity index (χ3n) is 3.90. The molecule has 1 unspecified atom stereocenters. The Balaban J connectivity index is 1.69. The number of aromatic nitrogens is 1.